The number of carboxylic acids is 1. The maximum absolute atomic E-state index is 11.3. The first kappa shape index (κ1) is 14.3. The number of aliphatic carboxylic acids is 1. The lowest BCUT2D eigenvalue weighted by molar-refractivity contribution is -0.139. The van der Waals surface area contributed by atoms with Gasteiger partial charge in [-0.2, -0.15) is 0 Å². The van der Waals surface area contributed by atoms with Crippen LogP contribution < -0.4 is 16.8 Å². The topological polar surface area (TPSA) is 145 Å². The van der Waals surface area contributed by atoms with Gasteiger partial charge < -0.3 is 26.6 Å². The van der Waals surface area contributed by atoms with E-state index in [1.54, 1.807) is 0 Å². The van der Waals surface area contributed by atoms with Crippen molar-refractivity contribution in [2.45, 2.75) is 18.5 Å². The summed E-state index contributed by atoms with van der Waals surface area (Å²) in [7, 11) is 1.33. The molecule has 0 rings (SSSR count). The van der Waals surface area contributed by atoms with Crippen LogP contribution in [0.25, 0.3) is 0 Å². The number of hydrogen-bond acceptors (Lipinski definition) is 5. The molecule has 0 aliphatic heterocycles. The standard InChI is InChI=1S/C8H15N3O5/c1-16-3-5(7(10)14)11-8(15)4(9)2-6(12)13/h4-5H,2-3,9H2,1H3,(H2,10,14)(H,11,15)(H,12,13)/t4-,5-/m0/s1. The van der Waals surface area contributed by atoms with Crippen LogP contribution in [0.3, 0.4) is 0 Å². The second-order valence-electron chi connectivity index (χ2n) is 3.12. The van der Waals surface area contributed by atoms with Gasteiger partial charge in [-0.25, -0.2) is 0 Å². The highest BCUT2D eigenvalue weighted by molar-refractivity contribution is 5.90. The Morgan fingerprint density at radius 3 is 2.38 bits per heavy atom. The normalized spacial score (nSPS) is 13.9. The molecular formula is C8H15N3O5. The first-order valence-electron chi connectivity index (χ1n) is 4.44. The Kier molecular flexibility index (Phi) is 6.04. The van der Waals surface area contributed by atoms with Crippen molar-refractivity contribution in [3.05, 3.63) is 0 Å². The van der Waals surface area contributed by atoms with Crippen molar-refractivity contribution in [2.75, 3.05) is 13.7 Å². The number of nitrogens with one attached hydrogen (secondary N) is 1. The van der Waals surface area contributed by atoms with E-state index in [-0.39, 0.29) is 6.61 Å². The van der Waals surface area contributed by atoms with Gasteiger partial charge in [-0.1, -0.05) is 0 Å². The van der Waals surface area contributed by atoms with Crippen molar-refractivity contribution in [1.82, 2.24) is 5.32 Å². The van der Waals surface area contributed by atoms with Crippen molar-refractivity contribution in [3.63, 3.8) is 0 Å². The number of carbonyl (C=O) groups is 3. The fraction of sp³-hybridized carbons (Fsp3) is 0.625. The maximum Gasteiger partial charge on any atom is 0.305 e. The van der Waals surface area contributed by atoms with E-state index in [4.69, 9.17) is 16.6 Å². The fourth-order valence-corrected chi connectivity index (χ4v) is 0.921. The Morgan fingerprint density at radius 1 is 1.44 bits per heavy atom. The molecule has 0 spiro atoms. The van der Waals surface area contributed by atoms with E-state index in [0.29, 0.717) is 0 Å². The van der Waals surface area contributed by atoms with E-state index in [9.17, 15) is 14.4 Å². The number of rotatable bonds is 7. The number of carbonyl (C=O) groups excluding carboxylic acids is 2. The third-order valence-electron chi connectivity index (χ3n) is 1.72. The van der Waals surface area contributed by atoms with Gasteiger partial charge in [0.05, 0.1) is 19.1 Å². The van der Waals surface area contributed by atoms with Gasteiger partial charge in [0, 0.05) is 7.11 Å². The summed E-state index contributed by atoms with van der Waals surface area (Å²) in [6, 6.07) is -2.24. The van der Waals surface area contributed by atoms with Gasteiger partial charge in [0.15, 0.2) is 0 Å². The molecule has 16 heavy (non-hydrogen) atoms. The molecule has 0 aliphatic rings. The number of carboxylic acid groups (broad SMARTS) is 1. The zero-order valence-corrected chi connectivity index (χ0v) is 8.80. The van der Waals surface area contributed by atoms with Crippen molar-refractivity contribution in [3.8, 4) is 0 Å². The average Bonchev–Trinajstić information content (AvgIpc) is 2.15. The highest BCUT2D eigenvalue weighted by Crippen LogP contribution is 1.91. The molecule has 2 amide bonds. The lowest BCUT2D eigenvalue weighted by Crippen LogP contribution is -2.52. The molecule has 92 valence electrons. The summed E-state index contributed by atoms with van der Waals surface area (Å²) in [5.41, 5.74) is 10.3. The van der Waals surface area contributed by atoms with Gasteiger partial charge >= 0.3 is 5.97 Å². The highest BCUT2D eigenvalue weighted by atomic mass is 16.5. The molecule has 8 heteroatoms. The monoisotopic (exact) mass is 233 g/mol. The van der Waals surface area contributed by atoms with Crippen LogP contribution in [0.4, 0.5) is 0 Å². The third-order valence-corrected chi connectivity index (χ3v) is 1.72. The minimum absolute atomic E-state index is 0.0964. The molecule has 0 heterocycles. The number of ether oxygens (including phenoxy) is 1. The van der Waals surface area contributed by atoms with E-state index in [2.05, 4.69) is 10.1 Å². The number of hydrogen-bond donors (Lipinski definition) is 4. The SMILES string of the molecule is COC[C@H](NC(=O)[C@@H](N)CC(=O)O)C(N)=O. The predicted molar refractivity (Wildman–Crippen MR) is 53.2 cm³/mol. The number of primary amides is 1. The smallest absolute Gasteiger partial charge is 0.305 e. The van der Waals surface area contributed by atoms with Gasteiger partial charge in [-0.15, -0.1) is 0 Å². The Hall–Kier alpha value is -1.67. The fourth-order valence-electron chi connectivity index (χ4n) is 0.921. The van der Waals surface area contributed by atoms with Gasteiger partial charge in [0.1, 0.15) is 6.04 Å². The molecule has 6 N–H and O–H groups in total. The highest BCUT2D eigenvalue weighted by Gasteiger charge is 2.23. The summed E-state index contributed by atoms with van der Waals surface area (Å²) < 4.78 is 4.65. The van der Waals surface area contributed by atoms with E-state index in [1.807, 2.05) is 0 Å². The summed E-state index contributed by atoms with van der Waals surface area (Å²) in [6.45, 7) is -0.0964. The molecule has 0 aromatic heterocycles. The molecule has 0 saturated carbocycles. The first-order valence-corrected chi connectivity index (χ1v) is 4.44. The van der Waals surface area contributed by atoms with Gasteiger partial charge in [-0.3, -0.25) is 14.4 Å². The van der Waals surface area contributed by atoms with Gasteiger partial charge in [0.2, 0.25) is 11.8 Å². The minimum Gasteiger partial charge on any atom is -0.481 e. The molecule has 0 unspecified atom stereocenters. The zero-order valence-electron chi connectivity index (χ0n) is 8.80. The van der Waals surface area contributed by atoms with E-state index in [1.165, 1.54) is 7.11 Å². The Bertz CT molecular complexity index is 281. The first-order chi connectivity index (χ1) is 7.38. The van der Waals surface area contributed by atoms with Crippen LogP contribution in [0.2, 0.25) is 0 Å². The lowest BCUT2D eigenvalue weighted by atomic mass is 10.2. The number of amides is 2. The van der Waals surface area contributed by atoms with Crippen molar-refractivity contribution in [1.29, 1.82) is 0 Å². The van der Waals surface area contributed by atoms with Crippen LogP contribution in [0.1, 0.15) is 6.42 Å². The largest absolute Gasteiger partial charge is 0.481 e. The summed E-state index contributed by atoms with van der Waals surface area (Å²) in [5.74, 6) is -2.74. The predicted octanol–water partition coefficient (Wildman–Crippen LogP) is -2.60. The quantitative estimate of drug-likeness (QED) is 0.379. The van der Waals surface area contributed by atoms with Crippen LogP contribution >= 0.6 is 0 Å². The van der Waals surface area contributed by atoms with Crippen LogP contribution in [-0.4, -0.2) is 48.7 Å². The Balaban J connectivity index is 4.28. The molecule has 0 bridgehead atoms. The molecule has 0 fully saturated rings. The van der Waals surface area contributed by atoms with Crippen molar-refractivity contribution in [2.24, 2.45) is 11.5 Å². The third kappa shape index (κ3) is 5.27. The van der Waals surface area contributed by atoms with Crippen LogP contribution in [0.5, 0.6) is 0 Å². The van der Waals surface area contributed by atoms with Crippen LogP contribution in [0.15, 0.2) is 0 Å². The molecule has 0 radical (unpaired) electrons. The number of nitrogens with two attached hydrogens (primary N) is 2. The molecule has 0 saturated heterocycles. The lowest BCUT2D eigenvalue weighted by Gasteiger charge is -2.16. The van der Waals surface area contributed by atoms with E-state index < -0.39 is 36.3 Å². The molecular weight excluding hydrogens is 218 g/mol. The van der Waals surface area contributed by atoms with E-state index >= 15 is 0 Å². The molecule has 0 aromatic rings. The molecule has 2 atom stereocenters. The molecule has 8 nitrogen and oxygen atoms in total. The minimum atomic E-state index is -1.23. The maximum atomic E-state index is 11.3. The van der Waals surface area contributed by atoms with Gasteiger partial charge in [-0.05, 0) is 0 Å². The van der Waals surface area contributed by atoms with Crippen LogP contribution in [-0.2, 0) is 19.1 Å². The summed E-state index contributed by atoms with van der Waals surface area (Å²) >= 11 is 0. The second-order valence-corrected chi connectivity index (χ2v) is 3.12. The van der Waals surface area contributed by atoms with Crippen molar-refractivity contribution < 1.29 is 24.2 Å². The van der Waals surface area contributed by atoms with Crippen LogP contribution in [0, 0.1) is 0 Å². The summed E-state index contributed by atoms with van der Waals surface area (Å²) in [6.07, 6.45) is -0.524. The molecule has 0 aliphatic carbocycles. The van der Waals surface area contributed by atoms with Gasteiger partial charge in [0.25, 0.3) is 0 Å². The summed E-state index contributed by atoms with van der Waals surface area (Å²) in [5, 5.41) is 10.6. The molecule has 0 aromatic carbocycles. The average molecular weight is 233 g/mol. The zero-order chi connectivity index (χ0) is 12.7. The Morgan fingerprint density at radius 2 is 2.00 bits per heavy atom. The van der Waals surface area contributed by atoms with E-state index in [0.717, 1.165) is 0 Å². The Labute approximate surface area is 91.9 Å². The number of methoxy groups -OCH3 is 1. The van der Waals surface area contributed by atoms with Crippen molar-refractivity contribution >= 4 is 17.8 Å². The second kappa shape index (κ2) is 6.75. The summed E-state index contributed by atoms with van der Waals surface area (Å²) in [4.78, 5) is 32.4.